The van der Waals surface area contributed by atoms with Crippen molar-refractivity contribution >= 4 is 77.2 Å². The zero-order valence-corrected chi connectivity index (χ0v) is 67.5. The van der Waals surface area contributed by atoms with Gasteiger partial charge in [-0.05, 0) is 245 Å². The molecule has 566 valence electrons. The van der Waals surface area contributed by atoms with Gasteiger partial charge in [0.1, 0.15) is 0 Å². The molecule has 2 aliphatic rings. The Bertz CT molecular complexity index is 7350. The van der Waals surface area contributed by atoms with E-state index in [9.17, 15) is 0 Å². The molecule has 20 aromatic rings. The summed E-state index contributed by atoms with van der Waals surface area (Å²) in [5.41, 5.74) is 37.7. The van der Waals surface area contributed by atoms with Crippen molar-refractivity contribution in [2.75, 3.05) is 9.80 Å². The van der Waals surface area contributed by atoms with Gasteiger partial charge >= 0.3 is 0 Å². The normalized spacial score (nSPS) is 12.8. The molecule has 0 fully saturated rings. The van der Waals surface area contributed by atoms with E-state index in [0.29, 0.717) is 0 Å². The largest absolute Gasteiger partial charge is 0.309 e. The van der Waals surface area contributed by atoms with Crippen molar-refractivity contribution in [1.82, 2.24) is 0 Å². The molecule has 0 saturated carbocycles. The first-order chi connectivity index (χ1) is 59.0. The topological polar surface area (TPSA) is 6.48 Å². The zero-order chi connectivity index (χ0) is 80.2. The van der Waals surface area contributed by atoms with E-state index in [-0.39, 0.29) is 10.8 Å². The first-order valence-corrected chi connectivity index (χ1v) is 41.9. The number of fused-ring (bicyclic) bond motifs is 12. The predicted octanol–water partition coefficient (Wildman–Crippen LogP) is 32.9. The van der Waals surface area contributed by atoms with E-state index >= 15 is 0 Å². The van der Waals surface area contributed by atoms with Crippen LogP contribution in [0, 0.1) is 0 Å². The summed E-state index contributed by atoms with van der Waals surface area (Å²) < 4.78 is 0. The van der Waals surface area contributed by atoms with Gasteiger partial charge in [0.15, 0.2) is 0 Å². The molecule has 22 rings (SSSR count). The first-order valence-electron chi connectivity index (χ1n) is 41.9. The minimum Gasteiger partial charge on any atom is -0.309 e. The van der Waals surface area contributed by atoms with Crippen molar-refractivity contribution in [3.05, 3.63) is 459 Å². The number of benzene rings is 20. The fourth-order valence-electron chi connectivity index (χ4n) is 19.9. The number of anilines is 6. The number of hydrogen-bond donors (Lipinski definition) is 0. The van der Waals surface area contributed by atoms with Gasteiger partial charge in [0.25, 0.3) is 0 Å². The van der Waals surface area contributed by atoms with E-state index in [2.05, 4.69) is 474 Å². The van der Waals surface area contributed by atoms with Crippen molar-refractivity contribution in [3.8, 4) is 122 Å². The van der Waals surface area contributed by atoms with Crippen LogP contribution in [-0.4, -0.2) is 0 Å². The first kappa shape index (κ1) is 71.6. The van der Waals surface area contributed by atoms with Crippen LogP contribution in [0.3, 0.4) is 0 Å². The summed E-state index contributed by atoms with van der Waals surface area (Å²) in [6.45, 7) is 9.54. The SMILES string of the molecule is CC1(C)c2ccccc2-c2ccc(N(c3ccc(-c4ccc(-c5ccc(-c6cccc(-c7c(N(c8ccc(-c9cc(-c%10ccccc%10)cc(-c%10ccccc%10)c9)cc8)c8ccc9c(c8)C(C)(C)c8ccccc8-9)c8ccccc8c8ccccc78)c6)cc5-c5ccccc5)cc4)cc3)c3c(-c4ccccc4)c4ccccc4c4ccccc34)cc21. The van der Waals surface area contributed by atoms with Crippen LogP contribution in [0.15, 0.2) is 437 Å². The summed E-state index contributed by atoms with van der Waals surface area (Å²) in [4.78, 5) is 5.10. The number of hydrogen-bond acceptors (Lipinski definition) is 2. The second-order valence-electron chi connectivity index (χ2n) is 33.4. The highest BCUT2D eigenvalue weighted by molar-refractivity contribution is 6.24. The maximum atomic E-state index is 2.57. The summed E-state index contributed by atoms with van der Waals surface area (Å²) in [6, 6.07) is 163. The Morgan fingerprint density at radius 3 is 0.883 bits per heavy atom. The maximum absolute atomic E-state index is 2.57. The third-order valence-corrected chi connectivity index (χ3v) is 25.8. The highest BCUT2D eigenvalue weighted by atomic mass is 15.2. The quantitative estimate of drug-likeness (QED) is 0.0944. The Kier molecular flexibility index (Phi) is 17.3. The molecule has 0 bridgehead atoms. The number of rotatable bonds is 15. The lowest BCUT2D eigenvalue weighted by atomic mass is 9.82. The molecule has 0 N–H and O–H groups in total. The minimum absolute atomic E-state index is 0.195. The molecule has 20 aromatic carbocycles. The van der Waals surface area contributed by atoms with Crippen LogP contribution >= 0.6 is 0 Å². The molecule has 2 aliphatic carbocycles. The fourth-order valence-corrected chi connectivity index (χ4v) is 19.9. The molecular formula is C118H84N2. The fraction of sp³-hybridized carbons (Fsp3) is 0.0508. The second kappa shape index (κ2) is 29.0. The molecule has 0 unspecified atom stereocenters. The molecule has 0 radical (unpaired) electrons. The van der Waals surface area contributed by atoms with Gasteiger partial charge < -0.3 is 9.80 Å². The molecular weight excluding hydrogens is 1450 g/mol. The molecule has 0 spiro atoms. The van der Waals surface area contributed by atoms with Gasteiger partial charge in [-0.25, -0.2) is 0 Å². The average Bonchev–Trinajstić information content (AvgIpc) is 1.12. The van der Waals surface area contributed by atoms with Gasteiger partial charge in [0, 0.05) is 55.5 Å². The van der Waals surface area contributed by atoms with Crippen LogP contribution in [0.5, 0.6) is 0 Å². The lowest BCUT2D eigenvalue weighted by Gasteiger charge is -2.32. The van der Waals surface area contributed by atoms with Crippen LogP contribution in [-0.2, 0) is 10.8 Å². The second-order valence-corrected chi connectivity index (χ2v) is 33.4. The smallest absolute Gasteiger partial charge is 0.0624 e. The Hall–Kier alpha value is -15.0. The molecule has 0 atom stereocenters. The van der Waals surface area contributed by atoms with Crippen LogP contribution in [0.2, 0.25) is 0 Å². The van der Waals surface area contributed by atoms with Gasteiger partial charge in [0.05, 0.1) is 11.4 Å². The summed E-state index contributed by atoms with van der Waals surface area (Å²) in [5, 5.41) is 9.64. The van der Waals surface area contributed by atoms with E-state index in [4.69, 9.17) is 0 Å². The van der Waals surface area contributed by atoms with Gasteiger partial charge in [0.2, 0.25) is 0 Å². The highest BCUT2D eigenvalue weighted by Crippen LogP contribution is 2.57. The van der Waals surface area contributed by atoms with Crippen molar-refractivity contribution in [2.24, 2.45) is 0 Å². The Balaban J connectivity index is 0.653. The summed E-state index contributed by atoms with van der Waals surface area (Å²) in [5.74, 6) is 0. The lowest BCUT2D eigenvalue weighted by molar-refractivity contribution is 0.660. The maximum Gasteiger partial charge on any atom is 0.0624 e. The predicted molar refractivity (Wildman–Crippen MR) is 510 cm³/mol. The Morgan fingerprint density at radius 1 is 0.150 bits per heavy atom. The van der Waals surface area contributed by atoms with Crippen LogP contribution < -0.4 is 9.80 Å². The molecule has 0 saturated heterocycles. The Morgan fingerprint density at radius 2 is 0.425 bits per heavy atom. The third kappa shape index (κ3) is 12.1. The van der Waals surface area contributed by atoms with Crippen LogP contribution in [0.1, 0.15) is 49.9 Å². The van der Waals surface area contributed by atoms with Gasteiger partial charge in [-0.2, -0.15) is 0 Å². The van der Waals surface area contributed by atoms with Crippen LogP contribution in [0.4, 0.5) is 34.1 Å². The molecule has 0 aliphatic heterocycles. The van der Waals surface area contributed by atoms with E-state index < -0.39 is 0 Å². The molecule has 120 heavy (non-hydrogen) atoms. The molecule has 2 nitrogen and oxygen atoms in total. The highest BCUT2D eigenvalue weighted by Gasteiger charge is 2.39. The standard InChI is InChI=1S/C118H84N2/c1-117(2)109-50-27-25-44-100(109)102-68-65-93(75-111(102)117)119(115-106-48-23-19-42-98(106)96-40-17-21-46-104(96)113(115)84-36-15-8-16-37-84)91-61-56-80(57-62-91)79-52-54-83(55-53-79)95-67-60-86(74-108(95)82-34-13-7-14-35-82)85-38-29-39-87(70-85)114-105-47-22-18-41-97(105)99-43-20-24-49-107(99)116(114)120(94-66-69-103-101-45-26-28-51-110(101)118(3,4)112(103)76-94)92-63-58-81(59-64-92)90-72-88(77-30-9-5-10-31-77)71-89(73-90)78-32-11-6-12-33-78/h5-76H,1-4H3. The van der Waals surface area contributed by atoms with Crippen molar-refractivity contribution in [3.63, 3.8) is 0 Å². The van der Waals surface area contributed by atoms with Crippen LogP contribution in [0.25, 0.3) is 165 Å². The van der Waals surface area contributed by atoms with E-state index in [0.717, 1.165) is 84.2 Å². The Labute approximate surface area is 702 Å². The van der Waals surface area contributed by atoms with Crippen molar-refractivity contribution < 1.29 is 0 Å². The monoisotopic (exact) mass is 1530 g/mol. The average molecular weight is 1530 g/mol. The lowest BCUT2D eigenvalue weighted by Crippen LogP contribution is -2.17. The summed E-state index contributed by atoms with van der Waals surface area (Å²) in [7, 11) is 0. The van der Waals surface area contributed by atoms with Gasteiger partial charge in [-0.1, -0.05) is 386 Å². The van der Waals surface area contributed by atoms with Gasteiger partial charge in [-0.3, -0.25) is 0 Å². The van der Waals surface area contributed by atoms with E-state index in [1.165, 1.54) is 138 Å². The summed E-state index contributed by atoms with van der Waals surface area (Å²) >= 11 is 0. The van der Waals surface area contributed by atoms with E-state index in [1.807, 2.05) is 0 Å². The summed E-state index contributed by atoms with van der Waals surface area (Å²) in [6.07, 6.45) is 0. The zero-order valence-electron chi connectivity index (χ0n) is 67.5. The third-order valence-electron chi connectivity index (χ3n) is 25.8. The molecule has 0 aromatic heterocycles. The van der Waals surface area contributed by atoms with Gasteiger partial charge in [-0.15, -0.1) is 0 Å². The molecule has 0 heterocycles. The van der Waals surface area contributed by atoms with Crippen molar-refractivity contribution in [2.45, 2.75) is 38.5 Å². The minimum atomic E-state index is -0.238. The molecule has 2 heteroatoms. The molecule has 0 amide bonds. The van der Waals surface area contributed by atoms with E-state index in [1.54, 1.807) is 0 Å². The van der Waals surface area contributed by atoms with Crippen molar-refractivity contribution in [1.29, 1.82) is 0 Å². The number of nitrogens with zero attached hydrogens (tertiary/aromatic N) is 2.